The largest absolute Gasteiger partial charge is 0.493 e. The molecule has 149 heavy (non-hydrogen) atoms. The van der Waals surface area contributed by atoms with Crippen molar-refractivity contribution in [3.8, 4) is 46.0 Å². The Morgan fingerprint density at radius 2 is 0.644 bits per heavy atom. The van der Waals surface area contributed by atoms with Crippen LogP contribution in [0.15, 0.2) is 133 Å². The van der Waals surface area contributed by atoms with Gasteiger partial charge in [-0.05, 0) is 204 Å². The first-order valence-corrected chi connectivity index (χ1v) is 48.9. The number of nitrogens with zero attached hydrogens (tertiary/aromatic N) is 4. The standard InChI is InChI=1S/C27H31NO11.2C27H31NO10.C25H29NO8/c1-13(29)18(12-20(31)32)38-25(34)15(30)11-21(33)37-17-6-7-27(35)19-10-14-4-5-16(36-3)23-22(14)26(27,24(17)39-23)8-9-28(19)2;2*1-13(2)35-21(24(30)31)22(36-14(3)29)25(32)37-17-8-9-27(33)18-12-15-6-7-16(34-5)20-19(15)26(27,23(17)38-20)10-11-28(18)4;1-13(2)32-17(23(28)29)12-19(27)33-16-7-8-25(30)18-11-14-5-6-15(31-4)21-20(14)24(25,22(16)34-21)9-10-26(18)3/h4-6,15,18-19,24,30,35H,7-12H2,1-3H3,(H,31,32);2*6-8,18,21-23,33H,1,9-12H2,2-5H3,(H,30,31);5-7,17-18,22,30H,1,8-12H2,2-4H3,(H,28,29)/t15-,18-,19+,24-,26-,27+;18-,21+,22+,23+,26+,27-;18-,21-,22-,23+,26+,27-;17-,18+,22-,24-,25+/m0110/s1. The lowest BCUT2D eigenvalue weighted by Crippen LogP contribution is -2.74. The lowest BCUT2D eigenvalue weighted by Gasteiger charge is -2.61. The molecule has 4 aromatic rings. The molecule has 8 aliphatic heterocycles. The fourth-order valence-corrected chi connectivity index (χ4v) is 26.2. The first-order chi connectivity index (χ1) is 70.4. The average Bonchev–Trinajstić information content (AvgIpc) is 1.54. The summed E-state index contributed by atoms with van der Waals surface area (Å²) in [6.07, 6.45) is -5.92. The molecule has 0 unspecified atom stereocenters. The molecule has 43 nitrogen and oxygen atoms in total. The summed E-state index contributed by atoms with van der Waals surface area (Å²) in [7, 11) is 14.1. The third kappa shape index (κ3) is 17.2. The molecule has 4 spiro atoms. The summed E-state index contributed by atoms with van der Waals surface area (Å²) in [5.41, 5.74) is -0.632. The summed E-state index contributed by atoms with van der Waals surface area (Å²) in [5.74, 6) is -8.56. The lowest BCUT2D eigenvalue weighted by atomic mass is 9.50. The van der Waals surface area contributed by atoms with E-state index in [0.717, 1.165) is 71.8 Å². The Balaban J connectivity index is 0.000000135. The molecular weight excluding hydrogens is 1950 g/mol. The zero-order valence-corrected chi connectivity index (χ0v) is 84.7. The van der Waals surface area contributed by atoms with Gasteiger partial charge in [-0.3, -0.25) is 28.8 Å². The highest BCUT2D eigenvalue weighted by atomic mass is 16.7. The van der Waals surface area contributed by atoms with Crippen molar-refractivity contribution in [1.29, 1.82) is 0 Å². The molecule has 0 amide bonds. The molecule has 800 valence electrons. The number of esters is 7. The van der Waals surface area contributed by atoms with Crippen LogP contribution >= 0.6 is 0 Å². The maximum absolute atomic E-state index is 13.4. The van der Waals surface area contributed by atoms with Crippen molar-refractivity contribution >= 4 is 71.4 Å². The van der Waals surface area contributed by atoms with Crippen LogP contribution in [-0.4, -0.2) is 334 Å². The van der Waals surface area contributed by atoms with Gasteiger partial charge in [0.05, 0.1) is 109 Å². The zero-order valence-electron chi connectivity index (χ0n) is 84.7. The van der Waals surface area contributed by atoms with Gasteiger partial charge >= 0.3 is 65.7 Å². The number of aliphatic hydroxyl groups is 5. The van der Waals surface area contributed by atoms with E-state index in [-0.39, 0.29) is 90.2 Å². The minimum Gasteiger partial charge on any atom is -0.493 e. The third-order valence-electron chi connectivity index (χ3n) is 32.6. The second-order valence-corrected chi connectivity index (χ2v) is 40.9. The number of allylic oxidation sites excluding steroid dienone is 3. The van der Waals surface area contributed by atoms with E-state index in [9.17, 15) is 98.4 Å². The van der Waals surface area contributed by atoms with Crippen molar-refractivity contribution in [2.75, 3.05) is 82.8 Å². The second-order valence-electron chi connectivity index (χ2n) is 40.9. The molecule has 0 saturated carbocycles. The number of aliphatic hydroxyl groups excluding tert-OH is 1. The SMILES string of the molecule is C=C(C)O[C@@H](C(=O)O)[C@@H](OC(C)=O)C(=O)OC1=CC[C@@]2(O)[C@H]3Cc4ccc(OC)c5c4[C@@]2(CCN3C)[C@H]1O5.C=C(C)O[C@@H](CC(=O)OC1=CC[C@@]2(O)[C@H]3Cc4ccc(OC)c5c4[C@@]2(CCN3C)[C@H]1O5)C(=O)O.C=C(C)O[C@H](C(=O)O)[C@H](OC(C)=O)C(=O)OC1=CC[C@@]2(O)[C@H]3Cc4ccc(OC)c5c4[C@@]2(CCN3C)[C@H]1O5.COc1ccc2c3c1O[C@H]1C(OC(=O)C[C@H](O)C(=O)O[C@@H](CC(=O)O)C(C)=O)=CC[C@@]4(O)[C@@H](C2)N(C)CC[C@]314. The predicted molar refractivity (Wildman–Crippen MR) is 511 cm³/mol. The summed E-state index contributed by atoms with van der Waals surface area (Å²) >= 11 is 0. The minimum absolute atomic E-state index is 0.0111. The number of hydrogen-bond donors (Lipinski definition) is 9. The van der Waals surface area contributed by atoms with E-state index >= 15 is 0 Å². The topological polar surface area (TPSA) is 566 Å². The smallest absolute Gasteiger partial charge is 0.357 e. The van der Waals surface area contributed by atoms with E-state index in [4.69, 9.17) is 90.4 Å². The van der Waals surface area contributed by atoms with Crippen LogP contribution < -0.4 is 37.9 Å². The maximum Gasteiger partial charge on any atom is 0.357 e. The van der Waals surface area contributed by atoms with Gasteiger partial charge in [0.15, 0.2) is 88.4 Å². The molecule has 23 atom stereocenters. The van der Waals surface area contributed by atoms with Gasteiger partial charge in [0.25, 0.3) is 0 Å². The van der Waals surface area contributed by atoms with E-state index in [2.05, 4.69) is 39.3 Å². The van der Waals surface area contributed by atoms with E-state index in [0.29, 0.717) is 117 Å². The van der Waals surface area contributed by atoms with Crippen LogP contribution in [-0.2, 0) is 152 Å². The van der Waals surface area contributed by atoms with Gasteiger partial charge in [-0.15, -0.1) is 0 Å². The summed E-state index contributed by atoms with van der Waals surface area (Å²) in [6, 6.07) is 14.6. The molecule has 8 heterocycles. The Morgan fingerprint density at radius 1 is 0.362 bits per heavy atom. The fraction of sp³-hybridized carbons (Fsp3) is 0.528. The van der Waals surface area contributed by atoms with Gasteiger partial charge in [0, 0.05) is 86.0 Å². The van der Waals surface area contributed by atoms with Gasteiger partial charge < -0.3 is 151 Å². The van der Waals surface area contributed by atoms with E-state index < -0.39 is 202 Å². The van der Waals surface area contributed by atoms with Crippen molar-refractivity contribution in [3.63, 3.8) is 0 Å². The van der Waals surface area contributed by atoms with Crippen molar-refractivity contribution < 1.29 is 189 Å². The minimum atomic E-state index is -1.98. The van der Waals surface area contributed by atoms with Crippen LogP contribution in [0.3, 0.4) is 0 Å². The number of ether oxygens (including phenoxy) is 18. The summed E-state index contributed by atoms with van der Waals surface area (Å²) in [4.78, 5) is 155. The van der Waals surface area contributed by atoms with Gasteiger partial charge in [0.1, 0.15) is 23.0 Å². The lowest BCUT2D eigenvalue weighted by molar-refractivity contribution is -0.185. The third-order valence-corrected chi connectivity index (χ3v) is 32.6. The highest BCUT2D eigenvalue weighted by molar-refractivity contribution is 5.91. The highest BCUT2D eigenvalue weighted by Gasteiger charge is 2.78. The van der Waals surface area contributed by atoms with Gasteiger partial charge in [-0.2, -0.15) is 0 Å². The van der Waals surface area contributed by atoms with Gasteiger partial charge in [0.2, 0.25) is 30.5 Å². The number of hydrogen-bond acceptors (Lipinski definition) is 39. The fourth-order valence-electron chi connectivity index (χ4n) is 26.2. The normalized spacial score (nSPS) is 30.3. The Morgan fingerprint density at radius 3 is 0.893 bits per heavy atom. The highest BCUT2D eigenvalue weighted by Crippen LogP contribution is 2.71. The Bertz CT molecular complexity index is 6210. The maximum atomic E-state index is 13.4. The van der Waals surface area contributed by atoms with Crippen molar-refractivity contribution in [2.24, 2.45) is 0 Å². The summed E-state index contributed by atoms with van der Waals surface area (Å²) in [6.45, 7) is 20.8. The van der Waals surface area contributed by atoms with Crippen LogP contribution in [0.2, 0.25) is 0 Å². The van der Waals surface area contributed by atoms with E-state index in [1.165, 1.54) is 42.1 Å². The number of benzene rings is 4. The van der Waals surface area contributed by atoms with E-state index in [1.54, 1.807) is 31.4 Å². The summed E-state index contributed by atoms with van der Waals surface area (Å²) < 4.78 is 101. The number of aliphatic carboxylic acids is 4. The zero-order chi connectivity index (χ0) is 108. The Hall–Kier alpha value is -13.7. The number of carboxylic acid groups (broad SMARTS) is 4. The molecule has 8 aliphatic carbocycles. The van der Waals surface area contributed by atoms with Crippen LogP contribution in [0, 0.1) is 0 Å². The van der Waals surface area contributed by atoms with Crippen molar-refractivity contribution in [2.45, 2.75) is 273 Å². The van der Waals surface area contributed by atoms with Crippen molar-refractivity contribution in [3.05, 3.63) is 177 Å². The molecule has 4 fully saturated rings. The second kappa shape index (κ2) is 39.7. The monoisotopic (exact) mass is 2070 g/mol. The molecule has 4 saturated heterocycles. The molecule has 8 bridgehead atoms. The first-order valence-electron chi connectivity index (χ1n) is 48.9. The summed E-state index contributed by atoms with van der Waals surface area (Å²) in [5, 5.41) is 96.7. The number of likely N-dealkylation sites (tertiary alicyclic amines) is 4. The molecule has 0 radical (unpaired) electrons. The number of ketones is 1. The van der Waals surface area contributed by atoms with Crippen LogP contribution in [0.5, 0.6) is 46.0 Å². The number of carbonyl (C=O) groups is 12. The first kappa shape index (κ1) is 107. The molecule has 16 aliphatic rings. The van der Waals surface area contributed by atoms with Gasteiger partial charge in [-0.25, -0.2) is 28.8 Å². The van der Waals surface area contributed by atoms with Crippen LogP contribution in [0.25, 0.3) is 0 Å². The van der Waals surface area contributed by atoms with Gasteiger partial charge in [-0.1, -0.05) is 44.0 Å². The number of Topliss-reactive ketones (excluding diaryl/α,β-unsaturated/α-hetero) is 1. The number of carboxylic acids is 4. The van der Waals surface area contributed by atoms with Crippen LogP contribution in [0.4, 0.5) is 0 Å². The quantitative estimate of drug-likeness (QED) is 0.0175. The van der Waals surface area contributed by atoms with Crippen molar-refractivity contribution in [1.82, 2.24) is 19.6 Å². The predicted octanol–water partition coefficient (Wildman–Crippen LogP) is 5.05. The Labute approximate surface area is 855 Å². The average molecular weight is 2080 g/mol. The number of likely N-dealkylation sites (N-methyl/N-ethyl adjacent to an activating group) is 4. The molecule has 20 rings (SSSR count). The van der Waals surface area contributed by atoms with Crippen LogP contribution in [0.1, 0.15) is 157 Å². The molecule has 43 heteroatoms. The number of rotatable bonds is 32. The van der Waals surface area contributed by atoms with E-state index in [1.807, 2.05) is 76.7 Å². The molecule has 9 N–H and O–H groups in total. The molecule has 4 aromatic carbocycles. The molecule has 0 aromatic heterocycles. The molecular formula is C106H122N4O39. The number of piperidine rings is 4. The Kier molecular flexibility index (Phi) is 28.4. The number of methoxy groups -OCH3 is 4. The number of carbonyl (C=O) groups excluding carboxylic acids is 8.